The van der Waals surface area contributed by atoms with Gasteiger partial charge in [-0.2, -0.15) is 0 Å². The lowest BCUT2D eigenvalue weighted by Gasteiger charge is -2.43. The average Bonchev–Trinajstić information content (AvgIpc) is 2.48. The first-order valence-electron chi connectivity index (χ1n) is 7.91. The summed E-state index contributed by atoms with van der Waals surface area (Å²) in [6.07, 6.45) is 10.3. The van der Waals surface area contributed by atoms with Crippen LogP contribution in [-0.4, -0.2) is 35.3 Å². The molecule has 0 spiro atoms. The summed E-state index contributed by atoms with van der Waals surface area (Å²) in [6, 6.07) is -0.602. The Bertz CT molecular complexity index is 386. The normalized spacial score (nSPS) is 29.0. The molecule has 4 nitrogen and oxygen atoms in total. The van der Waals surface area contributed by atoms with Gasteiger partial charge in [0.15, 0.2) is 0 Å². The molecule has 2 aliphatic rings. The molecule has 1 saturated heterocycles. The molecular formula is C16H26N2O2. The Balaban J connectivity index is 2.20. The Morgan fingerprint density at radius 1 is 1.25 bits per heavy atom. The third kappa shape index (κ3) is 3.05. The molecule has 2 atom stereocenters. The minimum absolute atomic E-state index is 0.0489. The van der Waals surface area contributed by atoms with E-state index in [0.29, 0.717) is 18.9 Å². The fourth-order valence-corrected chi connectivity index (χ4v) is 3.42. The fourth-order valence-electron chi connectivity index (χ4n) is 3.42. The van der Waals surface area contributed by atoms with Crippen LogP contribution >= 0.6 is 0 Å². The van der Waals surface area contributed by atoms with Gasteiger partial charge in [-0.05, 0) is 32.1 Å². The fraction of sp³-hybridized carbons (Fsp3) is 0.750. The third-order valence-electron chi connectivity index (χ3n) is 4.54. The molecule has 2 rings (SSSR count). The van der Waals surface area contributed by atoms with Crippen LogP contribution in [0.5, 0.6) is 0 Å². The van der Waals surface area contributed by atoms with Gasteiger partial charge >= 0.3 is 0 Å². The summed E-state index contributed by atoms with van der Waals surface area (Å²) in [5.41, 5.74) is 0. The molecule has 2 amide bonds. The SMILES string of the molecule is C/C=C/CN1C(=O)C(CC)NC(=O)C1C1CCCCC1. The number of piperazine rings is 1. The molecule has 1 heterocycles. The Labute approximate surface area is 121 Å². The van der Waals surface area contributed by atoms with E-state index in [-0.39, 0.29) is 23.9 Å². The number of hydrogen-bond donors (Lipinski definition) is 1. The van der Waals surface area contributed by atoms with Gasteiger partial charge in [0.2, 0.25) is 11.8 Å². The molecule has 0 aromatic rings. The van der Waals surface area contributed by atoms with Crippen LogP contribution in [0.25, 0.3) is 0 Å². The maximum Gasteiger partial charge on any atom is 0.246 e. The van der Waals surface area contributed by atoms with Gasteiger partial charge in [-0.15, -0.1) is 0 Å². The van der Waals surface area contributed by atoms with Crippen LogP contribution in [0.4, 0.5) is 0 Å². The summed E-state index contributed by atoms with van der Waals surface area (Å²) >= 11 is 0. The molecule has 1 aliphatic heterocycles. The first kappa shape index (κ1) is 15.1. The lowest BCUT2D eigenvalue weighted by molar-refractivity contribution is -0.151. The number of nitrogens with one attached hydrogen (secondary N) is 1. The van der Waals surface area contributed by atoms with E-state index in [1.807, 2.05) is 30.9 Å². The van der Waals surface area contributed by atoms with Crippen molar-refractivity contribution in [3.8, 4) is 0 Å². The van der Waals surface area contributed by atoms with Crippen molar-refractivity contribution in [1.82, 2.24) is 10.2 Å². The van der Waals surface area contributed by atoms with Gasteiger partial charge in [-0.3, -0.25) is 9.59 Å². The summed E-state index contributed by atoms with van der Waals surface area (Å²) < 4.78 is 0. The smallest absolute Gasteiger partial charge is 0.246 e. The summed E-state index contributed by atoms with van der Waals surface area (Å²) in [4.78, 5) is 26.8. The highest BCUT2D eigenvalue weighted by atomic mass is 16.2. The van der Waals surface area contributed by atoms with Gasteiger partial charge in [0.05, 0.1) is 0 Å². The third-order valence-corrected chi connectivity index (χ3v) is 4.54. The zero-order valence-corrected chi connectivity index (χ0v) is 12.6. The highest BCUT2D eigenvalue weighted by Gasteiger charge is 2.43. The number of nitrogens with zero attached hydrogens (tertiary/aromatic N) is 1. The Hall–Kier alpha value is -1.32. The van der Waals surface area contributed by atoms with Crippen LogP contribution in [0.3, 0.4) is 0 Å². The van der Waals surface area contributed by atoms with E-state index in [2.05, 4.69) is 5.32 Å². The summed E-state index contributed by atoms with van der Waals surface area (Å²) in [5.74, 6) is 0.462. The minimum atomic E-state index is -0.340. The number of allylic oxidation sites excluding steroid dienone is 1. The quantitative estimate of drug-likeness (QED) is 0.802. The number of rotatable bonds is 4. The molecular weight excluding hydrogens is 252 g/mol. The molecule has 1 N–H and O–H groups in total. The van der Waals surface area contributed by atoms with Crippen LogP contribution in [0.2, 0.25) is 0 Å². The van der Waals surface area contributed by atoms with E-state index in [4.69, 9.17) is 0 Å². The van der Waals surface area contributed by atoms with Crippen LogP contribution < -0.4 is 5.32 Å². The molecule has 0 bridgehead atoms. The predicted molar refractivity (Wildman–Crippen MR) is 79.1 cm³/mol. The van der Waals surface area contributed by atoms with E-state index < -0.39 is 0 Å². The maximum atomic E-state index is 12.5. The van der Waals surface area contributed by atoms with Crippen molar-refractivity contribution in [2.24, 2.45) is 5.92 Å². The highest BCUT2D eigenvalue weighted by Crippen LogP contribution is 2.31. The van der Waals surface area contributed by atoms with Crippen LogP contribution in [0, 0.1) is 5.92 Å². The summed E-state index contributed by atoms with van der Waals surface area (Å²) in [6.45, 7) is 4.44. The first-order valence-corrected chi connectivity index (χ1v) is 7.91. The van der Waals surface area contributed by atoms with Crippen molar-refractivity contribution in [2.75, 3.05) is 6.54 Å². The van der Waals surface area contributed by atoms with Gasteiger partial charge in [0.25, 0.3) is 0 Å². The zero-order chi connectivity index (χ0) is 14.5. The predicted octanol–water partition coefficient (Wildman–Crippen LogP) is 2.25. The Morgan fingerprint density at radius 2 is 1.95 bits per heavy atom. The summed E-state index contributed by atoms with van der Waals surface area (Å²) in [7, 11) is 0. The van der Waals surface area contributed by atoms with Crippen LogP contribution in [0.1, 0.15) is 52.4 Å². The topological polar surface area (TPSA) is 49.4 Å². The summed E-state index contributed by atoms with van der Waals surface area (Å²) in [5, 5.41) is 2.92. The van der Waals surface area contributed by atoms with E-state index in [0.717, 1.165) is 12.8 Å². The Kier molecular flexibility index (Phi) is 5.21. The van der Waals surface area contributed by atoms with Crippen molar-refractivity contribution in [3.63, 3.8) is 0 Å². The van der Waals surface area contributed by atoms with Crippen molar-refractivity contribution >= 4 is 11.8 Å². The number of amides is 2. The molecule has 1 aliphatic carbocycles. The van der Waals surface area contributed by atoms with Gasteiger partial charge in [-0.1, -0.05) is 38.3 Å². The molecule has 2 unspecified atom stereocenters. The highest BCUT2D eigenvalue weighted by molar-refractivity contribution is 5.97. The molecule has 0 radical (unpaired) electrons. The van der Waals surface area contributed by atoms with Crippen molar-refractivity contribution in [3.05, 3.63) is 12.2 Å². The molecule has 20 heavy (non-hydrogen) atoms. The zero-order valence-electron chi connectivity index (χ0n) is 12.6. The van der Waals surface area contributed by atoms with Gasteiger partial charge in [0, 0.05) is 6.54 Å². The second-order valence-electron chi connectivity index (χ2n) is 5.87. The first-order chi connectivity index (χ1) is 9.69. The van der Waals surface area contributed by atoms with Crippen molar-refractivity contribution in [1.29, 1.82) is 0 Å². The molecule has 2 fully saturated rings. The lowest BCUT2D eigenvalue weighted by atomic mass is 9.81. The van der Waals surface area contributed by atoms with E-state index >= 15 is 0 Å². The second kappa shape index (κ2) is 6.91. The number of carbonyl (C=O) groups is 2. The van der Waals surface area contributed by atoms with Gasteiger partial charge < -0.3 is 10.2 Å². The standard InChI is InChI=1S/C16H26N2O2/c1-3-5-11-18-14(12-9-7-6-8-10-12)15(19)17-13(4-2)16(18)20/h3,5,12-14H,4,6-11H2,1-2H3,(H,17,19)/b5-3+. The maximum absolute atomic E-state index is 12.5. The molecule has 0 aromatic heterocycles. The number of hydrogen-bond acceptors (Lipinski definition) is 2. The van der Waals surface area contributed by atoms with Crippen molar-refractivity contribution < 1.29 is 9.59 Å². The van der Waals surface area contributed by atoms with E-state index in [1.165, 1.54) is 19.3 Å². The largest absolute Gasteiger partial charge is 0.343 e. The van der Waals surface area contributed by atoms with E-state index in [9.17, 15) is 9.59 Å². The van der Waals surface area contributed by atoms with Crippen LogP contribution in [0.15, 0.2) is 12.2 Å². The van der Waals surface area contributed by atoms with Crippen LogP contribution in [-0.2, 0) is 9.59 Å². The van der Waals surface area contributed by atoms with Crippen molar-refractivity contribution in [2.45, 2.75) is 64.5 Å². The molecule has 0 aromatic carbocycles. The molecule has 4 heteroatoms. The molecule has 1 saturated carbocycles. The van der Waals surface area contributed by atoms with E-state index in [1.54, 1.807) is 0 Å². The second-order valence-corrected chi connectivity index (χ2v) is 5.87. The van der Waals surface area contributed by atoms with Gasteiger partial charge in [0.1, 0.15) is 12.1 Å². The minimum Gasteiger partial charge on any atom is -0.343 e. The molecule has 112 valence electrons. The Morgan fingerprint density at radius 3 is 2.55 bits per heavy atom. The average molecular weight is 278 g/mol. The number of carbonyl (C=O) groups excluding carboxylic acids is 2. The van der Waals surface area contributed by atoms with Gasteiger partial charge in [-0.25, -0.2) is 0 Å². The lowest BCUT2D eigenvalue weighted by Crippen LogP contribution is -2.65. The monoisotopic (exact) mass is 278 g/mol.